The van der Waals surface area contributed by atoms with Gasteiger partial charge in [-0.05, 0) is 63.2 Å². The van der Waals surface area contributed by atoms with E-state index in [-0.39, 0.29) is 0 Å². The van der Waals surface area contributed by atoms with E-state index >= 15 is 0 Å². The fourth-order valence-corrected chi connectivity index (χ4v) is 3.27. The van der Waals surface area contributed by atoms with Gasteiger partial charge in [-0.15, -0.1) is 0 Å². The fraction of sp³-hybridized carbons (Fsp3) is 1.00. The average molecular weight is 239 g/mol. The number of nitrogens with one attached hydrogen (secondary N) is 1. The molecule has 0 saturated heterocycles. The van der Waals surface area contributed by atoms with E-state index in [0.717, 1.165) is 31.2 Å². The summed E-state index contributed by atoms with van der Waals surface area (Å²) < 4.78 is 0. The second-order valence-electron chi connectivity index (χ2n) is 6.74. The highest BCUT2D eigenvalue weighted by Gasteiger charge is 2.32. The van der Waals surface area contributed by atoms with Gasteiger partial charge in [0.2, 0.25) is 0 Å². The van der Waals surface area contributed by atoms with Gasteiger partial charge in [-0.2, -0.15) is 0 Å². The van der Waals surface area contributed by atoms with Crippen molar-refractivity contribution in [2.75, 3.05) is 6.54 Å². The Kier molecular flexibility index (Phi) is 4.48. The molecule has 0 bridgehead atoms. The Bertz CT molecular complexity index is 225. The minimum Gasteiger partial charge on any atom is -0.389 e. The highest BCUT2D eigenvalue weighted by atomic mass is 16.3. The van der Waals surface area contributed by atoms with Gasteiger partial charge in [0, 0.05) is 12.6 Å². The van der Waals surface area contributed by atoms with Gasteiger partial charge < -0.3 is 10.4 Å². The number of rotatable bonds is 3. The SMILES string of the molecule is CC1CCC(NCC2(O)CCC(C)CC2)CC1. The van der Waals surface area contributed by atoms with E-state index in [9.17, 15) is 5.11 Å². The maximum Gasteiger partial charge on any atom is 0.0771 e. The second-order valence-corrected chi connectivity index (χ2v) is 6.74. The van der Waals surface area contributed by atoms with Crippen molar-refractivity contribution in [3.05, 3.63) is 0 Å². The lowest BCUT2D eigenvalue weighted by atomic mass is 9.79. The highest BCUT2D eigenvalue weighted by Crippen LogP contribution is 2.32. The summed E-state index contributed by atoms with van der Waals surface area (Å²) >= 11 is 0. The molecule has 17 heavy (non-hydrogen) atoms. The van der Waals surface area contributed by atoms with Crippen LogP contribution in [0.5, 0.6) is 0 Å². The molecule has 0 unspecified atom stereocenters. The van der Waals surface area contributed by atoms with Crippen LogP contribution in [0.3, 0.4) is 0 Å². The smallest absolute Gasteiger partial charge is 0.0771 e. The van der Waals surface area contributed by atoms with Crippen LogP contribution < -0.4 is 5.32 Å². The van der Waals surface area contributed by atoms with E-state index in [2.05, 4.69) is 19.2 Å². The summed E-state index contributed by atoms with van der Waals surface area (Å²) in [6, 6.07) is 0.662. The quantitative estimate of drug-likeness (QED) is 0.793. The summed E-state index contributed by atoms with van der Waals surface area (Å²) in [6.07, 6.45) is 9.68. The van der Waals surface area contributed by atoms with Crippen LogP contribution in [0.4, 0.5) is 0 Å². The molecule has 2 fully saturated rings. The molecular weight excluding hydrogens is 210 g/mol. The van der Waals surface area contributed by atoms with E-state index in [1.54, 1.807) is 0 Å². The van der Waals surface area contributed by atoms with Crippen molar-refractivity contribution >= 4 is 0 Å². The van der Waals surface area contributed by atoms with Gasteiger partial charge in [0.05, 0.1) is 5.60 Å². The van der Waals surface area contributed by atoms with Crippen LogP contribution in [-0.4, -0.2) is 23.3 Å². The Morgan fingerprint density at radius 1 is 0.941 bits per heavy atom. The third kappa shape index (κ3) is 3.96. The molecule has 0 radical (unpaired) electrons. The van der Waals surface area contributed by atoms with Gasteiger partial charge >= 0.3 is 0 Å². The zero-order valence-electron chi connectivity index (χ0n) is 11.5. The first kappa shape index (κ1) is 13.4. The molecule has 0 amide bonds. The highest BCUT2D eigenvalue weighted by molar-refractivity contribution is 4.88. The third-order valence-electron chi connectivity index (χ3n) is 4.94. The molecule has 2 aliphatic carbocycles. The van der Waals surface area contributed by atoms with Crippen molar-refractivity contribution in [3.8, 4) is 0 Å². The van der Waals surface area contributed by atoms with Gasteiger partial charge in [-0.1, -0.05) is 13.8 Å². The summed E-state index contributed by atoms with van der Waals surface area (Å²) in [6.45, 7) is 5.47. The van der Waals surface area contributed by atoms with Crippen LogP contribution in [-0.2, 0) is 0 Å². The Labute approximate surface area is 106 Å². The molecule has 0 aromatic carbocycles. The summed E-state index contributed by atoms with van der Waals surface area (Å²) in [5.74, 6) is 1.72. The van der Waals surface area contributed by atoms with Crippen LogP contribution in [0.15, 0.2) is 0 Å². The molecule has 0 atom stereocenters. The predicted octanol–water partition coefficient (Wildman–Crippen LogP) is 3.10. The summed E-state index contributed by atoms with van der Waals surface area (Å²) in [7, 11) is 0. The number of hydrogen-bond acceptors (Lipinski definition) is 2. The number of aliphatic hydroxyl groups is 1. The van der Waals surface area contributed by atoms with Gasteiger partial charge in [0.25, 0.3) is 0 Å². The monoisotopic (exact) mass is 239 g/mol. The zero-order chi connectivity index (χ0) is 12.3. The second kappa shape index (κ2) is 5.71. The lowest BCUT2D eigenvalue weighted by Gasteiger charge is -2.37. The lowest BCUT2D eigenvalue weighted by molar-refractivity contribution is -0.00929. The van der Waals surface area contributed by atoms with Crippen LogP contribution in [0.25, 0.3) is 0 Å². The van der Waals surface area contributed by atoms with Crippen LogP contribution in [0.2, 0.25) is 0 Å². The fourth-order valence-electron chi connectivity index (χ4n) is 3.27. The first-order valence-electron chi connectivity index (χ1n) is 7.53. The number of hydrogen-bond donors (Lipinski definition) is 2. The molecule has 0 aliphatic heterocycles. The molecule has 2 saturated carbocycles. The lowest BCUT2D eigenvalue weighted by Crippen LogP contribution is -2.47. The van der Waals surface area contributed by atoms with E-state index in [4.69, 9.17) is 0 Å². The molecule has 0 spiro atoms. The molecule has 0 aromatic heterocycles. The van der Waals surface area contributed by atoms with Crippen molar-refractivity contribution < 1.29 is 5.11 Å². The van der Waals surface area contributed by atoms with Gasteiger partial charge in [-0.25, -0.2) is 0 Å². The molecule has 2 N–H and O–H groups in total. The molecule has 2 aliphatic rings. The van der Waals surface area contributed by atoms with Crippen molar-refractivity contribution in [2.45, 2.75) is 76.9 Å². The largest absolute Gasteiger partial charge is 0.389 e. The minimum absolute atomic E-state index is 0.407. The van der Waals surface area contributed by atoms with Crippen molar-refractivity contribution in [1.82, 2.24) is 5.32 Å². The van der Waals surface area contributed by atoms with E-state index in [1.165, 1.54) is 38.5 Å². The molecule has 0 aromatic rings. The van der Waals surface area contributed by atoms with Crippen molar-refractivity contribution in [3.63, 3.8) is 0 Å². The first-order chi connectivity index (χ1) is 8.07. The Morgan fingerprint density at radius 3 is 2.06 bits per heavy atom. The molecular formula is C15H29NO. The Morgan fingerprint density at radius 2 is 1.47 bits per heavy atom. The standard InChI is InChI=1S/C15H29NO/c1-12-3-5-14(6-4-12)16-11-15(17)9-7-13(2)8-10-15/h12-14,16-17H,3-11H2,1-2H3. The van der Waals surface area contributed by atoms with Gasteiger partial charge in [0.1, 0.15) is 0 Å². The summed E-state index contributed by atoms with van der Waals surface area (Å²) in [5, 5.41) is 14.1. The molecule has 2 heteroatoms. The van der Waals surface area contributed by atoms with Crippen molar-refractivity contribution in [1.29, 1.82) is 0 Å². The zero-order valence-corrected chi connectivity index (χ0v) is 11.5. The predicted molar refractivity (Wildman–Crippen MR) is 72.0 cm³/mol. The topological polar surface area (TPSA) is 32.3 Å². The summed E-state index contributed by atoms with van der Waals surface area (Å²) in [4.78, 5) is 0. The van der Waals surface area contributed by atoms with E-state index in [1.807, 2.05) is 0 Å². The third-order valence-corrected chi connectivity index (χ3v) is 4.94. The van der Waals surface area contributed by atoms with Crippen LogP contribution >= 0.6 is 0 Å². The maximum atomic E-state index is 10.5. The van der Waals surface area contributed by atoms with Gasteiger partial charge in [-0.3, -0.25) is 0 Å². The first-order valence-corrected chi connectivity index (χ1v) is 7.53. The molecule has 0 heterocycles. The van der Waals surface area contributed by atoms with Gasteiger partial charge in [0.15, 0.2) is 0 Å². The minimum atomic E-state index is -0.407. The van der Waals surface area contributed by atoms with Crippen LogP contribution in [0.1, 0.15) is 65.2 Å². The molecule has 2 rings (SSSR count). The molecule has 100 valence electrons. The normalized spacial score (nSPS) is 43.6. The maximum absolute atomic E-state index is 10.5. The Hall–Kier alpha value is -0.0800. The van der Waals surface area contributed by atoms with E-state index < -0.39 is 5.60 Å². The molecule has 2 nitrogen and oxygen atoms in total. The Balaban J connectivity index is 1.70. The average Bonchev–Trinajstić information content (AvgIpc) is 2.33. The van der Waals surface area contributed by atoms with Crippen molar-refractivity contribution in [2.24, 2.45) is 11.8 Å². The summed E-state index contributed by atoms with van der Waals surface area (Å²) in [5.41, 5.74) is -0.407. The van der Waals surface area contributed by atoms with E-state index in [0.29, 0.717) is 6.04 Å². The van der Waals surface area contributed by atoms with Crippen LogP contribution in [0, 0.1) is 11.8 Å².